The van der Waals surface area contributed by atoms with E-state index in [4.69, 9.17) is 5.84 Å². The zero-order valence-corrected chi connectivity index (χ0v) is 16.7. The van der Waals surface area contributed by atoms with E-state index in [2.05, 4.69) is 5.43 Å². The van der Waals surface area contributed by atoms with Gasteiger partial charge in [0, 0.05) is 5.56 Å². The average molecular weight is 379 g/mol. The molecule has 27 heavy (non-hydrogen) atoms. The van der Waals surface area contributed by atoms with Crippen LogP contribution in [0.1, 0.15) is 27.0 Å². The molecule has 0 spiro atoms. The molecule has 0 unspecified atom stereocenters. The first-order chi connectivity index (χ1) is 12.9. The molecule has 0 atom stereocenters. The molecule has 0 aliphatic carbocycles. The molecule has 3 rings (SSSR count). The van der Waals surface area contributed by atoms with Crippen LogP contribution in [0.2, 0.25) is 0 Å². The minimum absolute atomic E-state index is 0.227. The maximum atomic E-state index is 12.0. The Hall–Kier alpha value is -2.81. The molecule has 4 nitrogen and oxygen atoms in total. The molecule has 0 aromatic heterocycles. The first-order valence-corrected chi connectivity index (χ1v) is 9.86. The van der Waals surface area contributed by atoms with E-state index in [9.17, 15) is 9.36 Å². The summed E-state index contributed by atoms with van der Waals surface area (Å²) in [5, 5.41) is 1.77. The Morgan fingerprint density at radius 2 is 1.22 bits per heavy atom. The molecule has 0 radical (unpaired) electrons. The van der Waals surface area contributed by atoms with Crippen LogP contribution < -0.4 is 21.9 Å². The molecular formula is C22H24N2O2P+. The molecule has 3 aromatic rings. The monoisotopic (exact) mass is 379 g/mol. The topological polar surface area (TPSA) is 72.2 Å². The normalized spacial score (nSPS) is 9.78. The molecule has 0 bridgehead atoms. The lowest BCUT2D eigenvalue weighted by atomic mass is 9.99. The minimum atomic E-state index is -1.42. The Morgan fingerprint density at radius 3 is 1.59 bits per heavy atom. The van der Waals surface area contributed by atoms with Crippen LogP contribution >= 0.6 is 7.80 Å². The first-order valence-electron chi connectivity index (χ1n) is 8.60. The fraction of sp³-hybridized carbons (Fsp3) is 0.136. The largest absolute Gasteiger partial charge is 0.415 e. The summed E-state index contributed by atoms with van der Waals surface area (Å²) >= 11 is 0. The van der Waals surface area contributed by atoms with E-state index in [1.165, 1.54) is 0 Å². The zero-order valence-electron chi connectivity index (χ0n) is 15.8. The number of amides is 1. The fourth-order valence-corrected chi connectivity index (χ4v) is 4.07. The lowest BCUT2D eigenvalue weighted by Gasteiger charge is -2.08. The average Bonchev–Trinajstić information content (AvgIpc) is 2.68. The number of nitrogens with one attached hydrogen (secondary N) is 1. The molecule has 5 heteroatoms. The van der Waals surface area contributed by atoms with E-state index in [1.807, 2.05) is 93.6 Å². The van der Waals surface area contributed by atoms with Crippen LogP contribution in [0.4, 0.5) is 0 Å². The Morgan fingerprint density at radius 1 is 0.815 bits per heavy atom. The van der Waals surface area contributed by atoms with Crippen molar-refractivity contribution in [1.82, 2.24) is 5.43 Å². The molecule has 0 fully saturated rings. The maximum Gasteiger partial charge on any atom is 0.415 e. The van der Waals surface area contributed by atoms with Crippen molar-refractivity contribution in [2.45, 2.75) is 20.8 Å². The van der Waals surface area contributed by atoms with Gasteiger partial charge in [0.1, 0.15) is 0 Å². The Kier molecular flexibility index (Phi) is 7.42. The SMILES string of the molecule is Cc1cc(C)c(C(=O)NN)c(C)c1.O=[P+](c1ccccc1)c1ccccc1. The van der Waals surface area contributed by atoms with E-state index in [1.54, 1.807) is 0 Å². The van der Waals surface area contributed by atoms with Gasteiger partial charge in [-0.3, -0.25) is 10.2 Å². The lowest BCUT2D eigenvalue weighted by Crippen LogP contribution is -2.31. The lowest BCUT2D eigenvalue weighted by molar-refractivity contribution is 0.0952. The van der Waals surface area contributed by atoms with Crippen LogP contribution in [0.3, 0.4) is 0 Å². The van der Waals surface area contributed by atoms with Crippen molar-refractivity contribution in [2.24, 2.45) is 5.84 Å². The van der Waals surface area contributed by atoms with Gasteiger partial charge in [0.2, 0.25) is 0 Å². The van der Waals surface area contributed by atoms with Gasteiger partial charge in [0.15, 0.2) is 10.6 Å². The smallest absolute Gasteiger partial charge is 0.290 e. The predicted octanol–water partition coefficient (Wildman–Crippen LogP) is 3.68. The van der Waals surface area contributed by atoms with Crippen LogP contribution in [0.15, 0.2) is 72.8 Å². The summed E-state index contributed by atoms with van der Waals surface area (Å²) in [5.41, 5.74) is 5.89. The van der Waals surface area contributed by atoms with Gasteiger partial charge in [-0.2, -0.15) is 0 Å². The van der Waals surface area contributed by atoms with E-state index in [-0.39, 0.29) is 5.91 Å². The van der Waals surface area contributed by atoms with E-state index < -0.39 is 7.80 Å². The molecule has 0 heterocycles. The van der Waals surface area contributed by atoms with Gasteiger partial charge in [-0.25, -0.2) is 5.84 Å². The van der Waals surface area contributed by atoms with Gasteiger partial charge < -0.3 is 0 Å². The van der Waals surface area contributed by atoms with Crippen molar-refractivity contribution < 1.29 is 9.36 Å². The molecule has 0 saturated heterocycles. The van der Waals surface area contributed by atoms with Gasteiger partial charge in [0.05, 0.1) is 0 Å². The van der Waals surface area contributed by atoms with E-state index in [0.29, 0.717) is 5.56 Å². The van der Waals surface area contributed by atoms with Gasteiger partial charge in [-0.05, 0) is 56.2 Å². The number of nitrogen functional groups attached to an aromatic ring is 1. The second-order valence-electron chi connectivity index (χ2n) is 6.21. The molecule has 1 amide bonds. The number of hydrogen-bond acceptors (Lipinski definition) is 3. The minimum Gasteiger partial charge on any atom is -0.290 e. The van der Waals surface area contributed by atoms with Crippen molar-refractivity contribution in [3.8, 4) is 0 Å². The third-order valence-electron chi connectivity index (χ3n) is 4.02. The highest BCUT2D eigenvalue weighted by molar-refractivity contribution is 7.61. The molecule has 138 valence electrons. The highest BCUT2D eigenvalue weighted by Crippen LogP contribution is 2.18. The van der Waals surface area contributed by atoms with Crippen molar-refractivity contribution in [3.05, 3.63) is 95.1 Å². The third-order valence-corrected chi connectivity index (χ3v) is 5.55. The second kappa shape index (κ2) is 9.77. The summed E-state index contributed by atoms with van der Waals surface area (Å²) in [6.07, 6.45) is 0. The standard InChI is InChI=1S/C12H10OP.C10H14N2O/c13-14(11-7-3-1-4-8-11)12-9-5-2-6-10-12;1-6-4-7(2)9(8(3)5-6)10(13)12-11/h1-10H;4-5H,11H2,1-3H3,(H,12,13)/q+1;. The van der Waals surface area contributed by atoms with E-state index in [0.717, 1.165) is 27.3 Å². The van der Waals surface area contributed by atoms with Crippen LogP contribution in [0, 0.1) is 20.8 Å². The second-order valence-corrected chi connectivity index (χ2v) is 7.83. The number of carbonyl (C=O) groups is 1. The van der Waals surface area contributed by atoms with Crippen LogP contribution in [0.25, 0.3) is 0 Å². The summed E-state index contributed by atoms with van der Waals surface area (Å²) in [6, 6.07) is 23.0. The highest BCUT2D eigenvalue weighted by Gasteiger charge is 2.21. The molecule has 3 N–H and O–H groups in total. The Bertz CT molecular complexity index is 861. The number of hydrazine groups is 1. The quantitative estimate of drug-likeness (QED) is 0.316. The summed E-state index contributed by atoms with van der Waals surface area (Å²) < 4.78 is 12.0. The Balaban J connectivity index is 0.000000194. The molecule has 3 aromatic carbocycles. The van der Waals surface area contributed by atoms with Gasteiger partial charge >= 0.3 is 7.80 Å². The highest BCUT2D eigenvalue weighted by atomic mass is 31.1. The number of nitrogens with two attached hydrogens (primary N) is 1. The van der Waals surface area contributed by atoms with Crippen LogP contribution in [-0.4, -0.2) is 5.91 Å². The van der Waals surface area contributed by atoms with Crippen molar-refractivity contribution in [3.63, 3.8) is 0 Å². The van der Waals surface area contributed by atoms with Crippen molar-refractivity contribution in [1.29, 1.82) is 0 Å². The molecular weight excluding hydrogens is 355 g/mol. The van der Waals surface area contributed by atoms with Crippen molar-refractivity contribution >= 4 is 24.3 Å². The number of aryl methyl sites for hydroxylation is 3. The summed E-state index contributed by atoms with van der Waals surface area (Å²) in [4.78, 5) is 11.3. The molecule has 0 aliphatic heterocycles. The summed E-state index contributed by atoms with van der Waals surface area (Å²) in [6.45, 7) is 5.82. The third kappa shape index (κ3) is 5.58. The maximum absolute atomic E-state index is 12.0. The van der Waals surface area contributed by atoms with Gasteiger partial charge in [0.25, 0.3) is 5.91 Å². The van der Waals surface area contributed by atoms with Gasteiger partial charge in [-0.1, -0.05) is 58.7 Å². The van der Waals surface area contributed by atoms with Crippen LogP contribution in [-0.2, 0) is 4.57 Å². The summed E-state index contributed by atoms with van der Waals surface area (Å²) in [5.74, 6) is 4.85. The number of benzene rings is 3. The van der Waals surface area contributed by atoms with Crippen LogP contribution in [0.5, 0.6) is 0 Å². The van der Waals surface area contributed by atoms with Crippen molar-refractivity contribution in [2.75, 3.05) is 0 Å². The predicted molar refractivity (Wildman–Crippen MR) is 112 cm³/mol. The van der Waals surface area contributed by atoms with Gasteiger partial charge in [-0.15, -0.1) is 0 Å². The first kappa shape index (κ1) is 20.5. The summed E-state index contributed by atoms with van der Waals surface area (Å²) in [7, 11) is -1.42. The Labute approximate surface area is 161 Å². The van der Waals surface area contributed by atoms with E-state index >= 15 is 0 Å². The number of carbonyl (C=O) groups excluding carboxylic acids is 1. The zero-order chi connectivity index (χ0) is 19.8. The molecule has 0 saturated carbocycles. The number of hydrogen-bond donors (Lipinski definition) is 2. The number of rotatable bonds is 3. The fourth-order valence-electron chi connectivity index (χ4n) is 2.89. The molecule has 0 aliphatic rings.